The Labute approximate surface area is 125 Å². The van der Waals surface area contributed by atoms with Gasteiger partial charge in [-0.25, -0.2) is 4.98 Å². The summed E-state index contributed by atoms with van der Waals surface area (Å²) >= 11 is 1.81. The molecule has 2 aliphatic carbocycles. The van der Waals surface area contributed by atoms with E-state index in [2.05, 4.69) is 24.1 Å². The largest absolute Gasteiger partial charge is 0.377 e. The van der Waals surface area contributed by atoms with E-state index >= 15 is 0 Å². The predicted octanol–water partition coefficient (Wildman–Crippen LogP) is 3.20. The molecule has 1 N–H and O–H groups in total. The van der Waals surface area contributed by atoms with Crippen LogP contribution >= 0.6 is 11.3 Å². The summed E-state index contributed by atoms with van der Waals surface area (Å²) < 4.78 is 6.05. The molecule has 4 heteroatoms. The van der Waals surface area contributed by atoms with Crippen LogP contribution < -0.4 is 5.32 Å². The molecule has 0 radical (unpaired) electrons. The quantitative estimate of drug-likeness (QED) is 0.929. The minimum atomic E-state index is 0.458. The topological polar surface area (TPSA) is 34.2 Å². The molecule has 110 valence electrons. The smallest absolute Gasteiger partial charge is 0.0900 e. The number of ether oxygens (including phenoxy) is 1. The third kappa shape index (κ3) is 1.81. The van der Waals surface area contributed by atoms with Crippen LogP contribution in [0.1, 0.15) is 47.7 Å². The monoisotopic (exact) mass is 292 g/mol. The van der Waals surface area contributed by atoms with Crippen molar-refractivity contribution in [2.45, 2.75) is 64.6 Å². The number of hydrogen-bond acceptors (Lipinski definition) is 4. The zero-order chi connectivity index (χ0) is 13.7. The van der Waals surface area contributed by atoms with Crippen molar-refractivity contribution in [1.82, 2.24) is 10.3 Å². The highest BCUT2D eigenvalue weighted by molar-refractivity contribution is 7.11. The van der Waals surface area contributed by atoms with Gasteiger partial charge in [-0.1, -0.05) is 12.8 Å². The van der Waals surface area contributed by atoms with E-state index in [4.69, 9.17) is 4.74 Å². The summed E-state index contributed by atoms with van der Waals surface area (Å²) in [4.78, 5) is 6.04. The molecule has 2 heterocycles. The number of aryl methyl sites for hydroxylation is 2. The van der Waals surface area contributed by atoms with Crippen LogP contribution in [-0.4, -0.2) is 23.7 Å². The molecule has 4 rings (SSSR count). The van der Waals surface area contributed by atoms with Crippen LogP contribution in [0, 0.1) is 25.2 Å². The zero-order valence-electron chi connectivity index (χ0n) is 12.4. The number of nitrogens with one attached hydrogen (secondary N) is 1. The number of nitrogens with zero attached hydrogens (tertiary/aromatic N) is 1. The lowest BCUT2D eigenvalue weighted by Crippen LogP contribution is -2.67. The Bertz CT molecular complexity index is 507. The molecule has 1 saturated heterocycles. The lowest BCUT2D eigenvalue weighted by Gasteiger charge is -2.57. The van der Waals surface area contributed by atoms with E-state index in [1.807, 2.05) is 11.3 Å². The number of hydrogen-bond donors (Lipinski definition) is 1. The van der Waals surface area contributed by atoms with E-state index in [0.717, 1.165) is 19.1 Å². The van der Waals surface area contributed by atoms with E-state index in [9.17, 15) is 0 Å². The highest BCUT2D eigenvalue weighted by atomic mass is 32.1. The Morgan fingerprint density at radius 3 is 2.85 bits per heavy atom. The SMILES string of the molecule is Cc1nc(CN[C@@H]2[C@@H]3CCO[C@H]3C23CCCC3)c(C)s1. The van der Waals surface area contributed by atoms with Crippen molar-refractivity contribution in [3.8, 4) is 0 Å². The molecule has 0 unspecified atom stereocenters. The van der Waals surface area contributed by atoms with Gasteiger partial charge in [-0.3, -0.25) is 0 Å². The highest BCUT2D eigenvalue weighted by Crippen LogP contribution is 2.60. The Morgan fingerprint density at radius 1 is 1.35 bits per heavy atom. The summed E-state index contributed by atoms with van der Waals surface area (Å²) in [6.07, 6.45) is 7.31. The molecule has 3 aliphatic rings. The molecule has 20 heavy (non-hydrogen) atoms. The fraction of sp³-hybridized carbons (Fsp3) is 0.812. The Kier molecular flexibility index (Phi) is 3.17. The van der Waals surface area contributed by atoms with Gasteiger partial charge in [0, 0.05) is 35.4 Å². The molecular weight excluding hydrogens is 268 g/mol. The lowest BCUT2D eigenvalue weighted by molar-refractivity contribution is -0.131. The zero-order valence-corrected chi connectivity index (χ0v) is 13.3. The van der Waals surface area contributed by atoms with Gasteiger partial charge in [-0.15, -0.1) is 11.3 Å². The molecule has 1 aliphatic heterocycles. The van der Waals surface area contributed by atoms with Gasteiger partial charge >= 0.3 is 0 Å². The molecule has 3 fully saturated rings. The third-order valence-electron chi connectivity index (χ3n) is 5.78. The van der Waals surface area contributed by atoms with Gasteiger partial charge in [0.25, 0.3) is 0 Å². The van der Waals surface area contributed by atoms with E-state index < -0.39 is 0 Å². The van der Waals surface area contributed by atoms with Crippen LogP contribution in [0.5, 0.6) is 0 Å². The first-order valence-electron chi connectivity index (χ1n) is 7.98. The normalized spacial score (nSPS) is 34.4. The van der Waals surface area contributed by atoms with E-state index in [0.29, 0.717) is 17.6 Å². The highest BCUT2D eigenvalue weighted by Gasteiger charge is 2.64. The van der Waals surface area contributed by atoms with Crippen molar-refractivity contribution in [2.75, 3.05) is 6.61 Å². The first-order valence-corrected chi connectivity index (χ1v) is 8.80. The average molecular weight is 292 g/mol. The van der Waals surface area contributed by atoms with Crippen molar-refractivity contribution in [2.24, 2.45) is 11.3 Å². The molecule has 0 aromatic carbocycles. The Balaban J connectivity index is 1.49. The maximum Gasteiger partial charge on any atom is 0.0900 e. The van der Waals surface area contributed by atoms with Crippen LogP contribution in [0.4, 0.5) is 0 Å². The molecule has 0 bridgehead atoms. The standard InChI is InChI=1S/C16H24N2OS/c1-10-13(18-11(2)20-10)9-17-14-12-5-8-19-15(12)16(14)6-3-4-7-16/h12,14-15,17H,3-9H2,1-2H3/t12-,14+,15+/m0/s1. The van der Waals surface area contributed by atoms with Gasteiger partial charge in [0.15, 0.2) is 0 Å². The summed E-state index contributed by atoms with van der Waals surface area (Å²) in [5.74, 6) is 0.758. The molecule has 2 saturated carbocycles. The Morgan fingerprint density at radius 2 is 2.15 bits per heavy atom. The van der Waals surface area contributed by atoms with Gasteiger partial charge in [0.1, 0.15) is 0 Å². The van der Waals surface area contributed by atoms with Gasteiger partial charge in [-0.2, -0.15) is 0 Å². The second-order valence-corrected chi connectivity index (χ2v) is 8.19. The minimum Gasteiger partial charge on any atom is -0.377 e. The van der Waals surface area contributed by atoms with Crippen molar-refractivity contribution in [1.29, 1.82) is 0 Å². The summed E-state index contributed by atoms with van der Waals surface area (Å²) in [6.45, 7) is 6.20. The third-order valence-corrected chi connectivity index (χ3v) is 6.70. The maximum absolute atomic E-state index is 6.05. The van der Waals surface area contributed by atoms with Crippen molar-refractivity contribution in [3.05, 3.63) is 15.6 Å². The summed E-state index contributed by atoms with van der Waals surface area (Å²) in [5, 5.41) is 5.04. The second kappa shape index (κ2) is 4.79. The fourth-order valence-electron chi connectivity index (χ4n) is 4.95. The number of thiazole rings is 1. The number of rotatable bonds is 3. The van der Waals surface area contributed by atoms with Crippen LogP contribution in [0.15, 0.2) is 0 Å². The van der Waals surface area contributed by atoms with Crippen LogP contribution in [0.3, 0.4) is 0 Å². The van der Waals surface area contributed by atoms with Gasteiger partial charge in [0.2, 0.25) is 0 Å². The van der Waals surface area contributed by atoms with Gasteiger partial charge in [0.05, 0.1) is 16.8 Å². The van der Waals surface area contributed by atoms with E-state index in [1.54, 1.807) is 0 Å². The second-order valence-electron chi connectivity index (χ2n) is 6.78. The van der Waals surface area contributed by atoms with Crippen molar-refractivity contribution >= 4 is 11.3 Å². The van der Waals surface area contributed by atoms with Crippen LogP contribution in [0.2, 0.25) is 0 Å². The lowest BCUT2D eigenvalue weighted by atomic mass is 9.54. The molecule has 1 spiro atoms. The Hall–Kier alpha value is -0.450. The first-order chi connectivity index (χ1) is 9.71. The summed E-state index contributed by atoms with van der Waals surface area (Å²) in [6, 6.07) is 0.666. The van der Waals surface area contributed by atoms with Crippen LogP contribution in [0.25, 0.3) is 0 Å². The predicted molar refractivity (Wildman–Crippen MR) is 81.0 cm³/mol. The van der Waals surface area contributed by atoms with Crippen molar-refractivity contribution in [3.63, 3.8) is 0 Å². The fourth-order valence-corrected chi connectivity index (χ4v) is 5.79. The van der Waals surface area contributed by atoms with E-state index in [1.165, 1.54) is 47.7 Å². The van der Waals surface area contributed by atoms with Gasteiger partial charge in [-0.05, 0) is 33.1 Å². The average Bonchev–Trinajstić information content (AvgIpc) is 3.09. The molecule has 0 amide bonds. The number of aromatic nitrogens is 1. The maximum atomic E-state index is 6.05. The summed E-state index contributed by atoms with van der Waals surface area (Å²) in [5.41, 5.74) is 1.71. The summed E-state index contributed by atoms with van der Waals surface area (Å²) in [7, 11) is 0. The van der Waals surface area contributed by atoms with E-state index in [-0.39, 0.29) is 0 Å². The molecule has 3 nitrogen and oxygen atoms in total. The first kappa shape index (κ1) is 13.2. The van der Waals surface area contributed by atoms with Crippen molar-refractivity contribution < 1.29 is 4.74 Å². The van der Waals surface area contributed by atoms with Gasteiger partial charge < -0.3 is 10.1 Å². The molecule has 1 aromatic heterocycles. The molecule has 1 aromatic rings. The number of fused-ring (bicyclic) bond motifs is 2. The molecular formula is C16H24N2OS. The minimum absolute atomic E-state index is 0.458. The van der Waals surface area contributed by atoms with Crippen LogP contribution in [-0.2, 0) is 11.3 Å². The molecule has 3 atom stereocenters.